The van der Waals surface area contributed by atoms with E-state index in [2.05, 4.69) is 29.5 Å². The average Bonchev–Trinajstić information content (AvgIpc) is 3.28. The van der Waals surface area contributed by atoms with Crippen molar-refractivity contribution >= 4 is 11.6 Å². The van der Waals surface area contributed by atoms with E-state index in [1.807, 2.05) is 24.3 Å². The molecule has 2 aliphatic rings. The topological polar surface area (TPSA) is 44.4 Å². The zero-order chi connectivity index (χ0) is 14.8. The first-order chi connectivity index (χ1) is 10.1. The largest absolute Gasteiger partial charge is 0.382 e. The molecule has 2 unspecified atom stereocenters. The Balaban J connectivity index is 1.55. The number of carbonyl (C=O) groups excluding carboxylic acids is 1. The maximum Gasteiger partial charge on any atom is 0.251 e. The highest BCUT2D eigenvalue weighted by atomic mass is 16.1. The summed E-state index contributed by atoms with van der Waals surface area (Å²) in [4.78, 5) is 14.3. The molecule has 2 fully saturated rings. The molecule has 1 amide bonds. The zero-order valence-electron chi connectivity index (χ0n) is 12.9. The number of hydrogen-bond donors (Lipinski definition) is 2. The van der Waals surface area contributed by atoms with Crippen LogP contribution in [0.2, 0.25) is 0 Å². The van der Waals surface area contributed by atoms with Gasteiger partial charge in [-0.05, 0) is 63.9 Å². The minimum atomic E-state index is 0.0527. The van der Waals surface area contributed by atoms with E-state index >= 15 is 0 Å². The van der Waals surface area contributed by atoms with Crippen LogP contribution in [0.15, 0.2) is 24.3 Å². The summed E-state index contributed by atoms with van der Waals surface area (Å²) in [6.07, 6.45) is 4.59. The lowest BCUT2D eigenvalue weighted by molar-refractivity contribution is 0.0951. The van der Waals surface area contributed by atoms with Crippen molar-refractivity contribution in [1.82, 2.24) is 10.2 Å². The highest BCUT2D eigenvalue weighted by Crippen LogP contribution is 2.21. The Bertz CT molecular complexity index is 495. The van der Waals surface area contributed by atoms with E-state index in [4.69, 9.17) is 0 Å². The summed E-state index contributed by atoms with van der Waals surface area (Å²) in [5.41, 5.74) is 1.86. The van der Waals surface area contributed by atoms with Gasteiger partial charge in [0.25, 0.3) is 5.91 Å². The van der Waals surface area contributed by atoms with Gasteiger partial charge in [-0.25, -0.2) is 0 Å². The van der Waals surface area contributed by atoms with E-state index in [1.54, 1.807) is 0 Å². The van der Waals surface area contributed by atoms with Crippen molar-refractivity contribution in [1.29, 1.82) is 0 Å². The molecule has 2 atom stereocenters. The number of likely N-dealkylation sites (tertiary alicyclic amines) is 1. The van der Waals surface area contributed by atoms with Gasteiger partial charge in [0, 0.05) is 35.9 Å². The van der Waals surface area contributed by atoms with Crippen molar-refractivity contribution in [2.45, 2.75) is 50.7 Å². The second-order valence-electron chi connectivity index (χ2n) is 6.52. The highest BCUT2D eigenvalue weighted by molar-refractivity contribution is 5.94. The number of nitrogens with zero attached hydrogens (tertiary/aromatic N) is 1. The Morgan fingerprint density at radius 2 is 1.86 bits per heavy atom. The Hall–Kier alpha value is -1.55. The Labute approximate surface area is 126 Å². The lowest BCUT2D eigenvalue weighted by Crippen LogP contribution is -2.42. The minimum absolute atomic E-state index is 0.0527. The summed E-state index contributed by atoms with van der Waals surface area (Å²) < 4.78 is 0. The third kappa shape index (κ3) is 3.76. The summed E-state index contributed by atoms with van der Waals surface area (Å²) in [5.74, 6) is 0.0527. The smallest absolute Gasteiger partial charge is 0.251 e. The molecular weight excluding hydrogens is 262 g/mol. The Kier molecular flexibility index (Phi) is 4.15. The van der Waals surface area contributed by atoms with Crippen LogP contribution in [0.4, 0.5) is 5.69 Å². The first kappa shape index (κ1) is 14.4. The molecule has 0 radical (unpaired) electrons. The van der Waals surface area contributed by atoms with Gasteiger partial charge in [-0.1, -0.05) is 0 Å². The fourth-order valence-electron chi connectivity index (χ4n) is 2.87. The van der Waals surface area contributed by atoms with Gasteiger partial charge in [0.1, 0.15) is 0 Å². The Morgan fingerprint density at radius 3 is 2.48 bits per heavy atom. The maximum absolute atomic E-state index is 11.9. The Morgan fingerprint density at radius 1 is 1.14 bits per heavy atom. The van der Waals surface area contributed by atoms with Crippen molar-refractivity contribution in [3.8, 4) is 0 Å². The van der Waals surface area contributed by atoms with Crippen molar-refractivity contribution in [2.24, 2.45) is 0 Å². The van der Waals surface area contributed by atoms with Crippen LogP contribution in [0, 0.1) is 0 Å². The number of anilines is 1. The van der Waals surface area contributed by atoms with Crippen molar-refractivity contribution in [3.05, 3.63) is 29.8 Å². The van der Waals surface area contributed by atoms with Crippen molar-refractivity contribution in [3.63, 3.8) is 0 Å². The number of nitrogens with one attached hydrogen (secondary N) is 2. The maximum atomic E-state index is 11.9. The number of carbonyl (C=O) groups is 1. The molecule has 1 aliphatic carbocycles. The number of hydrogen-bond acceptors (Lipinski definition) is 3. The molecule has 1 saturated heterocycles. The number of benzene rings is 1. The van der Waals surface area contributed by atoms with Crippen LogP contribution < -0.4 is 10.6 Å². The van der Waals surface area contributed by atoms with Crippen LogP contribution in [-0.4, -0.2) is 42.5 Å². The van der Waals surface area contributed by atoms with Crippen LogP contribution in [-0.2, 0) is 0 Å². The van der Waals surface area contributed by atoms with E-state index in [-0.39, 0.29) is 5.91 Å². The van der Waals surface area contributed by atoms with E-state index in [0.717, 1.165) is 30.6 Å². The molecule has 1 aromatic rings. The van der Waals surface area contributed by atoms with Gasteiger partial charge in [0.15, 0.2) is 0 Å². The molecule has 1 aromatic carbocycles. The summed E-state index contributed by atoms with van der Waals surface area (Å²) in [7, 11) is 2.19. The molecule has 1 heterocycles. The fraction of sp³-hybridized carbons (Fsp3) is 0.588. The van der Waals surface area contributed by atoms with E-state index in [9.17, 15) is 4.79 Å². The second-order valence-corrected chi connectivity index (χ2v) is 6.52. The molecule has 3 rings (SSSR count). The summed E-state index contributed by atoms with van der Waals surface area (Å²) >= 11 is 0. The lowest BCUT2D eigenvalue weighted by Gasteiger charge is -2.35. The van der Waals surface area contributed by atoms with Crippen LogP contribution >= 0.6 is 0 Å². The standard InChI is InChI=1S/C17H25N3O/c1-12-11-16(9-10-20(12)2)18-14-5-3-13(4-6-14)17(21)19-15-7-8-15/h3-6,12,15-16,18H,7-11H2,1-2H3,(H,19,21). The molecule has 21 heavy (non-hydrogen) atoms. The fourth-order valence-corrected chi connectivity index (χ4v) is 2.87. The van der Waals surface area contributed by atoms with Crippen LogP contribution in [0.5, 0.6) is 0 Å². The number of rotatable bonds is 4. The third-order valence-electron chi connectivity index (χ3n) is 4.64. The third-order valence-corrected chi connectivity index (χ3v) is 4.64. The lowest BCUT2D eigenvalue weighted by atomic mass is 9.98. The predicted molar refractivity (Wildman–Crippen MR) is 85.7 cm³/mol. The van der Waals surface area contributed by atoms with Crippen molar-refractivity contribution < 1.29 is 4.79 Å². The number of piperidine rings is 1. The van der Waals surface area contributed by atoms with Gasteiger partial charge in [-0.2, -0.15) is 0 Å². The normalized spacial score (nSPS) is 26.4. The van der Waals surface area contributed by atoms with Gasteiger partial charge < -0.3 is 15.5 Å². The molecule has 2 N–H and O–H groups in total. The van der Waals surface area contributed by atoms with Crippen LogP contribution in [0.3, 0.4) is 0 Å². The van der Waals surface area contributed by atoms with Gasteiger partial charge >= 0.3 is 0 Å². The summed E-state index contributed by atoms with van der Waals surface area (Å²) in [6.45, 7) is 3.42. The van der Waals surface area contributed by atoms with E-state index in [0.29, 0.717) is 18.1 Å². The molecule has 1 saturated carbocycles. The van der Waals surface area contributed by atoms with Crippen molar-refractivity contribution in [2.75, 3.05) is 18.9 Å². The molecule has 114 valence electrons. The molecule has 1 aliphatic heterocycles. The predicted octanol–water partition coefficient (Wildman–Crippen LogP) is 2.47. The molecule has 4 nitrogen and oxygen atoms in total. The van der Waals surface area contributed by atoms with Gasteiger partial charge in [-0.15, -0.1) is 0 Å². The molecule has 4 heteroatoms. The molecule has 0 spiro atoms. The quantitative estimate of drug-likeness (QED) is 0.894. The average molecular weight is 287 g/mol. The minimum Gasteiger partial charge on any atom is -0.382 e. The van der Waals surface area contributed by atoms with Gasteiger partial charge in [-0.3, -0.25) is 4.79 Å². The van der Waals surface area contributed by atoms with Crippen LogP contribution in [0.1, 0.15) is 43.0 Å². The SMILES string of the molecule is CC1CC(Nc2ccc(C(=O)NC3CC3)cc2)CCN1C. The molecular formula is C17H25N3O. The highest BCUT2D eigenvalue weighted by Gasteiger charge is 2.24. The first-order valence-electron chi connectivity index (χ1n) is 7.99. The molecule has 0 bridgehead atoms. The monoisotopic (exact) mass is 287 g/mol. The van der Waals surface area contributed by atoms with Crippen LogP contribution in [0.25, 0.3) is 0 Å². The van der Waals surface area contributed by atoms with E-state index in [1.165, 1.54) is 12.8 Å². The van der Waals surface area contributed by atoms with Gasteiger partial charge in [0.05, 0.1) is 0 Å². The molecule has 0 aromatic heterocycles. The van der Waals surface area contributed by atoms with E-state index < -0.39 is 0 Å². The van der Waals surface area contributed by atoms with Gasteiger partial charge in [0.2, 0.25) is 0 Å². The second kappa shape index (κ2) is 6.06. The zero-order valence-corrected chi connectivity index (χ0v) is 12.9. The number of amides is 1. The summed E-state index contributed by atoms with van der Waals surface area (Å²) in [5, 5.41) is 6.61. The summed E-state index contributed by atoms with van der Waals surface area (Å²) in [6, 6.07) is 9.44. The first-order valence-corrected chi connectivity index (χ1v) is 7.99.